The van der Waals surface area contributed by atoms with Gasteiger partial charge in [-0.1, -0.05) is 137 Å². The molecule has 1 aliphatic carbocycles. The molecule has 0 spiro atoms. The average molecular weight is 648 g/mol. The van der Waals surface area contributed by atoms with Crippen LogP contribution in [0.1, 0.15) is 87.1 Å². The first kappa shape index (κ1) is 31.9. The van der Waals surface area contributed by atoms with E-state index in [0.29, 0.717) is 5.92 Å². The van der Waals surface area contributed by atoms with Crippen molar-refractivity contribution < 1.29 is 9.47 Å². The van der Waals surface area contributed by atoms with Gasteiger partial charge < -0.3 is 14.4 Å². The summed E-state index contributed by atoms with van der Waals surface area (Å²) < 4.78 is 13.5. The van der Waals surface area contributed by atoms with Crippen LogP contribution < -0.4 is 9.64 Å². The average Bonchev–Trinajstić information content (AvgIpc) is 3.40. The van der Waals surface area contributed by atoms with Gasteiger partial charge in [-0.3, -0.25) is 0 Å². The van der Waals surface area contributed by atoms with Crippen molar-refractivity contribution in [3.63, 3.8) is 0 Å². The Bertz CT molecular complexity index is 1970. The molecule has 0 N–H and O–H groups in total. The normalized spacial score (nSPS) is 19.4. The Morgan fingerprint density at radius 1 is 0.755 bits per heavy atom. The molecule has 0 bridgehead atoms. The molecule has 0 amide bonds. The molecule has 5 aromatic carbocycles. The number of benzene rings is 5. The van der Waals surface area contributed by atoms with E-state index in [2.05, 4.69) is 141 Å². The SMILES string of the molecule is CCCCCCOCC1CCN(c2ccc(C3(c4ccccc4)C=Cc4c5c(c6ccccc6c4O3)-c3ccccc3C5(C)C)cc2)CC1. The molecule has 49 heavy (non-hydrogen) atoms. The highest BCUT2D eigenvalue weighted by Gasteiger charge is 2.44. The third kappa shape index (κ3) is 5.57. The Kier molecular flexibility index (Phi) is 8.58. The first-order valence-electron chi connectivity index (χ1n) is 18.6. The number of anilines is 1. The van der Waals surface area contributed by atoms with Crippen LogP contribution in [-0.4, -0.2) is 26.3 Å². The van der Waals surface area contributed by atoms with E-state index in [-0.39, 0.29) is 5.41 Å². The maximum atomic E-state index is 7.48. The fraction of sp³-hybridized carbons (Fsp3) is 0.348. The van der Waals surface area contributed by atoms with E-state index in [4.69, 9.17) is 9.47 Å². The molecular weight excluding hydrogens is 599 g/mol. The zero-order valence-electron chi connectivity index (χ0n) is 29.4. The van der Waals surface area contributed by atoms with E-state index in [9.17, 15) is 0 Å². The highest BCUT2D eigenvalue weighted by molar-refractivity contribution is 6.08. The lowest BCUT2D eigenvalue weighted by Crippen LogP contribution is -2.36. The van der Waals surface area contributed by atoms with Crippen LogP contribution >= 0.6 is 0 Å². The van der Waals surface area contributed by atoms with Gasteiger partial charge in [0.25, 0.3) is 0 Å². The van der Waals surface area contributed by atoms with E-state index < -0.39 is 5.60 Å². The van der Waals surface area contributed by atoms with Crippen molar-refractivity contribution in [2.45, 2.75) is 70.3 Å². The Hall–Kier alpha value is -4.34. The van der Waals surface area contributed by atoms with Gasteiger partial charge in [-0.15, -0.1) is 0 Å². The maximum Gasteiger partial charge on any atom is 0.178 e. The maximum absolute atomic E-state index is 7.48. The summed E-state index contributed by atoms with van der Waals surface area (Å²) in [5.41, 5.74) is 9.30. The lowest BCUT2D eigenvalue weighted by Gasteiger charge is -2.39. The number of piperidine rings is 1. The fourth-order valence-corrected chi connectivity index (χ4v) is 8.72. The fourth-order valence-electron chi connectivity index (χ4n) is 8.72. The van der Waals surface area contributed by atoms with Crippen LogP contribution in [0.25, 0.3) is 28.0 Å². The molecule has 1 atom stereocenters. The molecule has 1 fully saturated rings. The first-order valence-corrected chi connectivity index (χ1v) is 18.6. The number of rotatable bonds is 10. The van der Waals surface area contributed by atoms with E-state index >= 15 is 0 Å². The second-order valence-electron chi connectivity index (χ2n) is 14.9. The minimum atomic E-state index is -0.749. The summed E-state index contributed by atoms with van der Waals surface area (Å²) in [6, 6.07) is 37.7. The number of hydrogen-bond donors (Lipinski definition) is 0. The summed E-state index contributed by atoms with van der Waals surface area (Å²) in [5, 5.41) is 2.42. The van der Waals surface area contributed by atoms with E-state index in [0.717, 1.165) is 48.6 Å². The van der Waals surface area contributed by atoms with Crippen molar-refractivity contribution in [3.05, 3.63) is 137 Å². The summed E-state index contributed by atoms with van der Waals surface area (Å²) in [6.45, 7) is 11.0. The molecule has 1 unspecified atom stereocenters. The standard InChI is InChI=1S/C46H49NO2/c1-4-5-6-14-31-48-32-33-26-29-47(30-27-33)36-23-21-35(22-24-36)46(34-15-8-7-9-16-34)28-25-40-43-42(37-17-10-11-18-38(37)44(40)49-46)39-19-12-13-20-41(39)45(43,2)3/h7-13,15-25,28,33H,4-6,14,26-27,29-32H2,1-3H3. The number of ether oxygens (including phenoxy) is 2. The quantitative estimate of drug-likeness (QED) is 0.141. The second-order valence-corrected chi connectivity index (χ2v) is 14.9. The third-order valence-corrected chi connectivity index (χ3v) is 11.4. The largest absolute Gasteiger partial charge is 0.472 e. The number of hydrogen-bond acceptors (Lipinski definition) is 3. The Morgan fingerprint density at radius 2 is 1.45 bits per heavy atom. The topological polar surface area (TPSA) is 21.7 Å². The van der Waals surface area contributed by atoms with Crippen LogP contribution in [0, 0.1) is 5.92 Å². The summed E-state index contributed by atoms with van der Waals surface area (Å²) in [6.07, 6.45) is 12.1. The molecule has 0 saturated carbocycles. The van der Waals surface area contributed by atoms with E-state index in [1.54, 1.807) is 0 Å². The summed E-state index contributed by atoms with van der Waals surface area (Å²) in [7, 11) is 0. The van der Waals surface area contributed by atoms with Crippen LogP contribution in [0.15, 0.2) is 109 Å². The molecule has 0 radical (unpaired) electrons. The number of fused-ring (bicyclic) bond motifs is 8. The minimum absolute atomic E-state index is 0.143. The van der Waals surface area contributed by atoms with Gasteiger partial charge in [0.2, 0.25) is 0 Å². The highest BCUT2D eigenvalue weighted by Crippen LogP contribution is 2.58. The van der Waals surface area contributed by atoms with Crippen molar-refractivity contribution in [3.8, 4) is 16.9 Å². The van der Waals surface area contributed by atoms with Gasteiger partial charge in [-0.25, -0.2) is 0 Å². The van der Waals surface area contributed by atoms with Gasteiger partial charge in [0.15, 0.2) is 5.60 Å². The Morgan fingerprint density at radius 3 is 2.22 bits per heavy atom. The smallest absolute Gasteiger partial charge is 0.178 e. The predicted octanol–water partition coefficient (Wildman–Crippen LogP) is 11.3. The van der Waals surface area contributed by atoms with Gasteiger partial charge in [0, 0.05) is 59.5 Å². The highest BCUT2D eigenvalue weighted by atomic mass is 16.5. The van der Waals surface area contributed by atoms with E-state index in [1.165, 1.54) is 77.4 Å². The lowest BCUT2D eigenvalue weighted by atomic mass is 9.77. The second kappa shape index (κ2) is 13.2. The molecule has 8 rings (SSSR count). The van der Waals surface area contributed by atoms with Gasteiger partial charge in [-0.2, -0.15) is 0 Å². The molecular formula is C46H49NO2. The molecule has 3 nitrogen and oxygen atoms in total. The molecule has 5 aromatic rings. The molecule has 3 aliphatic rings. The number of unbranched alkanes of at least 4 members (excludes halogenated alkanes) is 3. The van der Waals surface area contributed by atoms with Crippen LogP contribution in [0.4, 0.5) is 5.69 Å². The molecule has 0 aromatic heterocycles. The van der Waals surface area contributed by atoms with Crippen LogP contribution in [0.2, 0.25) is 0 Å². The van der Waals surface area contributed by atoms with Crippen LogP contribution in [-0.2, 0) is 15.8 Å². The lowest BCUT2D eigenvalue weighted by molar-refractivity contribution is 0.0874. The van der Waals surface area contributed by atoms with E-state index in [1.807, 2.05) is 0 Å². The van der Waals surface area contributed by atoms with Crippen molar-refractivity contribution in [2.24, 2.45) is 5.92 Å². The van der Waals surface area contributed by atoms with Gasteiger partial charge in [-0.05, 0) is 71.0 Å². The molecule has 2 heterocycles. The van der Waals surface area contributed by atoms with Crippen LogP contribution in [0.3, 0.4) is 0 Å². The van der Waals surface area contributed by atoms with Crippen molar-refractivity contribution in [2.75, 3.05) is 31.2 Å². The van der Waals surface area contributed by atoms with Gasteiger partial charge in [0.1, 0.15) is 5.75 Å². The third-order valence-electron chi connectivity index (χ3n) is 11.4. The molecule has 1 saturated heterocycles. The Balaban J connectivity index is 1.11. The summed E-state index contributed by atoms with van der Waals surface area (Å²) in [5.74, 6) is 1.64. The molecule has 250 valence electrons. The zero-order valence-corrected chi connectivity index (χ0v) is 29.4. The monoisotopic (exact) mass is 647 g/mol. The minimum Gasteiger partial charge on any atom is -0.472 e. The van der Waals surface area contributed by atoms with Crippen molar-refractivity contribution >= 4 is 22.5 Å². The van der Waals surface area contributed by atoms with Gasteiger partial charge in [0.05, 0.1) is 0 Å². The predicted molar refractivity (Wildman–Crippen MR) is 205 cm³/mol. The van der Waals surface area contributed by atoms with Crippen molar-refractivity contribution in [1.29, 1.82) is 0 Å². The summed E-state index contributed by atoms with van der Waals surface area (Å²) >= 11 is 0. The zero-order chi connectivity index (χ0) is 33.4. The van der Waals surface area contributed by atoms with Crippen molar-refractivity contribution in [1.82, 2.24) is 0 Å². The first-order chi connectivity index (χ1) is 24.0. The number of nitrogens with zero attached hydrogens (tertiary/aromatic N) is 1. The molecule has 2 aliphatic heterocycles. The van der Waals surface area contributed by atoms with Gasteiger partial charge >= 0.3 is 0 Å². The molecule has 3 heteroatoms. The van der Waals surface area contributed by atoms with Crippen LogP contribution in [0.5, 0.6) is 5.75 Å². The Labute approximate surface area is 292 Å². The summed E-state index contributed by atoms with van der Waals surface area (Å²) in [4.78, 5) is 2.54.